The molecule has 0 bridgehead atoms. The normalized spacial score (nSPS) is 22.8. The molecule has 2 aliphatic heterocycles. The van der Waals surface area contributed by atoms with E-state index in [-0.39, 0.29) is 11.6 Å². The second-order valence-corrected chi connectivity index (χ2v) is 7.43. The van der Waals surface area contributed by atoms with Crippen LogP contribution in [0.5, 0.6) is 0 Å². The fourth-order valence-electron chi connectivity index (χ4n) is 2.80. The van der Waals surface area contributed by atoms with Gasteiger partial charge in [0.15, 0.2) is 0 Å². The van der Waals surface area contributed by atoms with E-state index in [9.17, 15) is 19.5 Å². The number of carbonyl (C=O) groups is 3. The molecule has 2 atom stereocenters. The molecule has 0 spiro atoms. The van der Waals surface area contributed by atoms with Crippen LogP contribution in [0, 0.1) is 6.92 Å². The monoisotopic (exact) mass is 365 g/mol. The molecule has 3 rings (SSSR count). The average Bonchev–Trinajstić information content (AvgIpc) is 2.96. The van der Waals surface area contributed by atoms with E-state index in [4.69, 9.17) is 0 Å². The Bertz CT molecular complexity index is 798. The molecule has 24 heavy (non-hydrogen) atoms. The standard InChI is InChI=1S/C15H15N3O4S2/c1-6(12-7(2)16-5-24-12)9-4-23-14-10(17-8(3)19)13(20)18(14)11(9)15(21)22/h5,10,14H,1,4H2,2-3H3,(H,17,19)(H,21,22)/t10?,14-/m1/s1. The second-order valence-electron chi connectivity index (χ2n) is 5.47. The second kappa shape index (κ2) is 6.06. The number of thiazole rings is 1. The number of aromatic nitrogens is 1. The van der Waals surface area contributed by atoms with Crippen molar-refractivity contribution in [2.75, 3.05) is 5.75 Å². The molecule has 0 saturated carbocycles. The quantitative estimate of drug-likeness (QED) is 0.779. The Labute approximate surface area is 146 Å². The van der Waals surface area contributed by atoms with Gasteiger partial charge in [-0.1, -0.05) is 6.58 Å². The molecular weight excluding hydrogens is 350 g/mol. The molecule has 1 saturated heterocycles. The third-order valence-corrected chi connectivity index (χ3v) is 6.18. The summed E-state index contributed by atoms with van der Waals surface area (Å²) in [4.78, 5) is 41.5. The summed E-state index contributed by atoms with van der Waals surface area (Å²) in [6.07, 6.45) is 0. The molecule has 1 unspecified atom stereocenters. The first-order chi connectivity index (χ1) is 11.3. The van der Waals surface area contributed by atoms with Crippen molar-refractivity contribution in [3.8, 4) is 0 Å². The van der Waals surface area contributed by atoms with Crippen molar-refractivity contribution in [3.63, 3.8) is 0 Å². The summed E-state index contributed by atoms with van der Waals surface area (Å²) >= 11 is 2.81. The summed E-state index contributed by atoms with van der Waals surface area (Å²) < 4.78 is 0. The van der Waals surface area contributed by atoms with Gasteiger partial charge in [-0.3, -0.25) is 14.5 Å². The van der Waals surface area contributed by atoms with Crippen LogP contribution in [0.25, 0.3) is 5.57 Å². The number of nitrogens with zero attached hydrogens (tertiary/aromatic N) is 2. The molecule has 3 heterocycles. The zero-order valence-corrected chi connectivity index (χ0v) is 14.7. The number of fused-ring (bicyclic) bond motifs is 1. The largest absolute Gasteiger partial charge is 0.477 e. The molecule has 2 N–H and O–H groups in total. The lowest BCUT2D eigenvalue weighted by Crippen LogP contribution is -2.70. The minimum Gasteiger partial charge on any atom is -0.477 e. The molecule has 7 nitrogen and oxygen atoms in total. The van der Waals surface area contributed by atoms with Crippen LogP contribution in [-0.4, -0.2) is 49.9 Å². The number of carbonyl (C=O) groups excluding carboxylic acids is 2. The number of carboxylic acid groups (broad SMARTS) is 1. The van der Waals surface area contributed by atoms with Gasteiger partial charge in [0.1, 0.15) is 17.1 Å². The van der Waals surface area contributed by atoms with E-state index in [2.05, 4.69) is 16.9 Å². The van der Waals surface area contributed by atoms with E-state index >= 15 is 0 Å². The first-order valence-corrected chi connectivity index (χ1v) is 9.03. The molecule has 2 amide bonds. The highest BCUT2D eigenvalue weighted by Crippen LogP contribution is 2.44. The Morgan fingerprint density at radius 1 is 1.50 bits per heavy atom. The SMILES string of the molecule is C=C(C1=C(C(=O)O)N2C(=O)C(NC(C)=O)[C@H]2SC1)c1scnc1C. The van der Waals surface area contributed by atoms with Gasteiger partial charge in [-0.25, -0.2) is 9.78 Å². The lowest BCUT2D eigenvalue weighted by atomic mass is 9.98. The van der Waals surface area contributed by atoms with Crippen LogP contribution in [0.1, 0.15) is 17.5 Å². The molecule has 2 aliphatic rings. The number of hydrogen-bond acceptors (Lipinski definition) is 6. The van der Waals surface area contributed by atoms with Gasteiger partial charge in [-0.15, -0.1) is 23.1 Å². The lowest BCUT2D eigenvalue weighted by molar-refractivity contribution is -0.150. The predicted molar refractivity (Wildman–Crippen MR) is 91.2 cm³/mol. The molecular formula is C15H15N3O4S2. The van der Waals surface area contributed by atoms with Crippen molar-refractivity contribution in [2.45, 2.75) is 25.3 Å². The van der Waals surface area contributed by atoms with Gasteiger partial charge in [0, 0.05) is 18.2 Å². The van der Waals surface area contributed by atoms with E-state index < -0.39 is 23.3 Å². The van der Waals surface area contributed by atoms with Crippen molar-refractivity contribution < 1.29 is 19.5 Å². The summed E-state index contributed by atoms with van der Waals surface area (Å²) in [5.41, 5.74) is 3.50. The highest BCUT2D eigenvalue weighted by Gasteiger charge is 2.54. The number of thioether (sulfide) groups is 1. The van der Waals surface area contributed by atoms with Crippen molar-refractivity contribution in [2.24, 2.45) is 0 Å². The Balaban J connectivity index is 1.98. The molecule has 1 fully saturated rings. The van der Waals surface area contributed by atoms with Crippen LogP contribution in [0.15, 0.2) is 23.4 Å². The Kier molecular flexibility index (Phi) is 4.22. The maximum absolute atomic E-state index is 12.3. The first-order valence-electron chi connectivity index (χ1n) is 7.11. The maximum Gasteiger partial charge on any atom is 0.352 e. The maximum atomic E-state index is 12.3. The van der Waals surface area contributed by atoms with E-state index in [1.54, 1.807) is 5.51 Å². The fraction of sp³-hybridized carbons (Fsp3) is 0.333. The molecule has 0 aliphatic carbocycles. The Hall–Kier alpha value is -2.13. The summed E-state index contributed by atoms with van der Waals surface area (Å²) in [7, 11) is 0. The smallest absolute Gasteiger partial charge is 0.352 e. The Morgan fingerprint density at radius 2 is 2.21 bits per heavy atom. The third kappa shape index (κ3) is 2.53. The molecule has 0 radical (unpaired) electrons. The van der Waals surface area contributed by atoms with Gasteiger partial charge < -0.3 is 10.4 Å². The number of nitrogens with one attached hydrogen (secondary N) is 1. The minimum absolute atomic E-state index is 0.0526. The molecule has 1 aromatic rings. The number of hydrogen-bond donors (Lipinski definition) is 2. The molecule has 1 aromatic heterocycles. The van der Waals surface area contributed by atoms with Crippen molar-refractivity contribution in [1.82, 2.24) is 15.2 Å². The zero-order chi connectivity index (χ0) is 17.6. The Morgan fingerprint density at radius 3 is 2.75 bits per heavy atom. The van der Waals surface area contributed by atoms with Crippen LogP contribution < -0.4 is 5.32 Å². The van der Waals surface area contributed by atoms with Crippen molar-refractivity contribution in [1.29, 1.82) is 0 Å². The third-order valence-electron chi connectivity index (χ3n) is 3.91. The van der Waals surface area contributed by atoms with Gasteiger partial charge in [0.2, 0.25) is 5.91 Å². The van der Waals surface area contributed by atoms with E-state index in [1.807, 2.05) is 6.92 Å². The topological polar surface area (TPSA) is 99.6 Å². The van der Waals surface area contributed by atoms with Crippen LogP contribution in [-0.2, 0) is 14.4 Å². The minimum atomic E-state index is -1.17. The summed E-state index contributed by atoms with van der Waals surface area (Å²) in [5.74, 6) is -1.49. The number of carboxylic acids is 1. The molecule has 126 valence electrons. The number of β-lactam (4-membered cyclic amide) rings is 1. The summed E-state index contributed by atoms with van der Waals surface area (Å²) in [6, 6.07) is -0.679. The number of rotatable bonds is 4. The van der Waals surface area contributed by atoms with Crippen LogP contribution in [0.4, 0.5) is 0 Å². The van der Waals surface area contributed by atoms with Crippen LogP contribution in [0.2, 0.25) is 0 Å². The highest BCUT2D eigenvalue weighted by atomic mass is 32.2. The first kappa shape index (κ1) is 16.7. The van der Waals surface area contributed by atoms with Gasteiger partial charge in [0.05, 0.1) is 16.1 Å². The molecule has 0 aromatic carbocycles. The van der Waals surface area contributed by atoms with Gasteiger partial charge in [0.25, 0.3) is 5.91 Å². The fourth-order valence-corrected chi connectivity index (χ4v) is 4.99. The lowest BCUT2D eigenvalue weighted by Gasteiger charge is -2.49. The summed E-state index contributed by atoms with van der Waals surface area (Å²) in [6.45, 7) is 7.18. The van der Waals surface area contributed by atoms with Gasteiger partial charge in [-0.2, -0.15) is 0 Å². The van der Waals surface area contributed by atoms with Gasteiger partial charge >= 0.3 is 5.97 Å². The van der Waals surface area contributed by atoms with Crippen molar-refractivity contribution >= 4 is 46.5 Å². The highest BCUT2D eigenvalue weighted by molar-refractivity contribution is 8.00. The van der Waals surface area contributed by atoms with Crippen molar-refractivity contribution in [3.05, 3.63) is 33.9 Å². The van der Waals surface area contributed by atoms with E-state index in [0.717, 1.165) is 10.6 Å². The number of aryl methyl sites for hydroxylation is 1. The van der Waals surface area contributed by atoms with E-state index in [0.29, 0.717) is 16.9 Å². The van der Waals surface area contributed by atoms with E-state index in [1.165, 1.54) is 34.9 Å². The van der Waals surface area contributed by atoms with Crippen LogP contribution >= 0.6 is 23.1 Å². The zero-order valence-electron chi connectivity index (χ0n) is 13.0. The van der Waals surface area contributed by atoms with Crippen LogP contribution in [0.3, 0.4) is 0 Å². The number of aliphatic carboxylic acids is 1. The summed E-state index contributed by atoms with van der Waals surface area (Å²) in [5, 5.41) is 11.8. The molecule has 9 heteroatoms. The van der Waals surface area contributed by atoms with Gasteiger partial charge in [-0.05, 0) is 12.5 Å². The number of amides is 2. The average molecular weight is 365 g/mol. The predicted octanol–water partition coefficient (Wildman–Crippen LogP) is 1.22. The number of allylic oxidation sites excluding steroid dienone is 1.